The molecule has 0 spiro atoms. The number of benzene rings is 2. The molecule has 9 nitrogen and oxygen atoms in total. The molecule has 3 atom stereocenters. The van der Waals surface area contributed by atoms with E-state index in [-0.39, 0.29) is 31.1 Å². The summed E-state index contributed by atoms with van der Waals surface area (Å²) in [6.07, 6.45) is -1.50. The number of aliphatic carboxylic acids is 1. The lowest BCUT2D eigenvalue weighted by Gasteiger charge is -2.33. The van der Waals surface area contributed by atoms with Crippen LogP contribution >= 0.6 is 0 Å². The van der Waals surface area contributed by atoms with Crippen LogP contribution in [0.2, 0.25) is 0 Å². The molecule has 0 aliphatic carbocycles. The molecule has 222 valence electrons. The Hall–Kier alpha value is -3.66. The number of methoxy groups -OCH3 is 2. The molecule has 41 heavy (non-hydrogen) atoms. The first-order valence-electron chi connectivity index (χ1n) is 13.8. The number of carbonyl (C=O) groups is 3. The van der Waals surface area contributed by atoms with Crippen molar-refractivity contribution in [2.24, 2.45) is 11.3 Å². The summed E-state index contributed by atoms with van der Waals surface area (Å²) in [6.45, 7) is 8.25. The highest BCUT2D eigenvalue weighted by Gasteiger charge is 2.42. The van der Waals surface area contributed by atoms with Gasteiger partial charge in [-0.2, -0.15) is 0 Å². The highest BCUT2D eigenvalue weighted by molar-refractivity contribution is 6.00. The number of anilines is 1. The standard InChI is InChI=1S/C31H39FN2O7/c1-18-13-21-26(22(32)14-18)34(17-31(2,3)4)29(36)24(15-25(35)33-12-8-9-19(16-33)30(37)38)41-27(21)20-10-7-11-23(39-5)28(20)40-6/h7,10-11,13-14,19,24,27H,8-9,12,15-17H2,1-6H3,(H,37,38)/t19?,24-,27-/m0/s1. The van der Waals surface area contributed by atoms with Crippen molar-refractivity contribution in [1.29, 1.82) is 0 Å². The SMILES string of the molecule is COc1cccc([C@@H]2O[C@@H](CC(=O)N3CCCC(C(=O)O)C3)C(=O)N(CC(C)(C)C)c3c(F)cc(C)cc32)c1OC. The number of carboxylic acids is 1. The average Bonchev–Trinajstić information content (AvgIpc) is 3.02. The van der Waals surface area contributed by atoms with Crippen molar-refractivity contribution in [3.63, 3.8) is 0 Å². The lowest BCUT2D eigenvalue weighted by atomic mass is 9.93. The molecule has 10 heteroatoms. The molecule has 2 aromatic carbocycles. The van der Waals surface area contributed by atoms with Gasteiger partial charge in [-0.25, -0.2) is 4.39 Å². The van der Waals surface area contributed by atoms with Crippen LogP contribution in [0.3, 0.4) is 0 Å². The van der Waals surface area contributed by atoms with Gasteiger partial charge in [-0.1, -0.05) is 39.0 Å². The molecule has 0 radical (unpaired) electrons. The molecule has 0 bridgehead atoms. The topological polar surface area (TPSA) is 106 Å². The molecule has 1 saturated heterocycles. The summed E-state index contributed by atoms with van der Waals surface area (Å²) in [5.74, 6) is -2.29. The summed E-state index contributed by atoms with van der Waals surface area (Å²) in [7, 11) is 3.00. The maximum atomic E-state index is 15.9. The highest BCUT2D eigenvalue weighted by Crippen LogP contribution is 2.46. The van der Waals surface area contributed by atoms with Crippen LogP contribution in [-0.4, -0.2) is 67.7 Å². The van der Waals surface area contributed by atoms with E-state index in [9.17, 15) is 19.5 Å². The number of fused-ring (bicyclic) bond motifs is 1. The van der Waals surface area contributed by atoms with E-state index < -0.39 is 41.2 Å². The molecule has 1 N–H and O–H groups in total. The Morgan fingerprint density at radius 2 is 1.88 bits per heavy atom. The molecule has 1 unspecified atom stereocenters. The van der Waals surface area contributed by atoms with Crippen LogP contribution in [0.4, 0.5) is 10.1 Å². The van der Waals surface area contributed by atoms with Crippen molar-refractivity contribution in [2.45, 2.75) is 59.2 Å². The number of halogens is 1. The normalized spacial score (nSPS) is 21.2. The Morgan fingerprint density at radius 3 is 2.51 bits per heavy atom. The number of para-hydroxylation sites is 1. The van der Waals surface area contributed by atoms with Crippen molar-refractivity contribution >= 4 is 23.5 Å². The quantitative estimate of drug-likeness (QED) is 0.513. The summed E-state index contributed by atoms with van der Waals surface area (Å²) < 4.78 is 33.6. The van der Waals surface area contributed by atoms with Crippen LogP contribution in [-0.2, 0) is 19.1 Å². The number of rotatable bonds is 7. The minimum Gasteiger partial charge on any atom is -0.493 e. The summed E-state index contributed by atoms with van der Waals surface area (Å²) in [4.78, 5) is 42.2. The zero-order chi connectivity index (χ0) is 30.1. The summed E-state index contributed by atoms with van der Waals surface area (Å²) in [5, 5.41) is 9.50. The van der Waals surface area contributed by atoms with Gasteiger partial charge in [0.2, 0.25) is 5.91 Å². The van der Waals surface area contributed by atoms with E-state index >= 15 is 4.39 Å². The van der Waals surface area contributed by atoms with Crippen LogP contribution in [0.15, 0.2) is 30.3 Å². The zero-order valence-electron chi connectivity index (χ0n) is 24.5. The lowest BCUT2D eigenvalue weighted by Crippen LogP contribution is -2.48. The minimum absolute atomic E-state index is 0.0714. The van der Waals surface area contributed by atoms with E-state index in [2.05, 4.69) is 0 Å². The van der Waals surface area contributed by atoms with Crippen LogP contribution in [0.5, 0.6) is 11.5 Å². The number of hydrogen-bond acceptors (Lipinski definition) is 6. The number of carboxylic acid groups (broad SMARTS) is 1. The van der Waals surface area contributed by atoms with Crippen molar-refractivity contribution in [3.05, 3.63) is 52.8 Å². The molecule has 2 amide bonds. The number of amides is 2. The lowest BCUT2D eigenvalue weighted by molar-refractivity contribution is -0.148. The largest absolute Gasteiger partial charge is 0.493 e. The van der Waals surface area contributed by atoms with Gasteiger partial charge in [0.15, 0.2) is 11.5 Å². The number of ether oxygens (including phenoxy) is 3. The maximum absolute atomic E-state index is 15.9. The van der Waals surface area contributed by atoms with E-state index in [1.165, 1.54) is 30.1 Å². The number of likely N-dealkylation sites (tertiary alicyclic amines) is 1. The fraction of sp³-hybridized carbons (Fsp3) is 0.516. The first-order valence-corrected chi connectivity index (χ1v) is 13.8. The molecule has 2 aliphatic rings. The van der Waals surface area contributed by atoms with Crippen molar-refractivity contribution in [2.75, 3.05) is 38.8 Å². The fourth-order valence-corrected chi connectivity index (χ4v) is 5.64. The number of piperidine rings is 1. The molecule has 2 aliphatic heterocycles. The van der Waals surface area contributed by atoms with Crippen LogP contribution in [0, 0.1) is 24.1 Å². The van der Waals surface area contributed by atoms with E-state index in [4.69, 9.17) is 14.2 Å². The average molecular weight is 571 g/mol. The molecule has 4 rings (SSSR count). The minimum atomic E-state index is -1.26. The second-order valence-corrected chi connectivity index (χ2v) is 12.0. The predicted molar refractivity (Wildman–Crippen MR) is 151 cm³/mol. The van der Waals surface area contributed by atoms with Gasteiger partial charge >= 0.3 is 5.97 Å². The third-order valence-electron chi connectivity index (χ3n) is 7.46. The van der Waals surface area contributed by atoms with Crippen LogP contribution < -0.4 is 14.4 Å². The molecule has 0 saturated carbocycles. The molecule has 1 fully saturated rings. The molecule has 0 aromatic heterocycles. The molecule has 2 heterocycles. The van der Waals surface area contributed by atoms with Crippen molar-refractivity contribution in [1.82, 2.24) is 4.90 Å². The first-order chi connectivity index (χ1) is 19.3. The van der Waals surface area contributed by atoms with E-state index in [0.29, 0.717) is 47.6 Å². The van der Waals surface area contributed by atoms with Crippen molar-refractivity contribution < 1.29 is 38.1 Å². The van der Waals surface area contributed by atoms with Gasteiger partial charge in [-0.3, -0.25) is 14.4 Å². The maximum Gasteiger partial charge on any atom is 0.308 e. The van der Waals surface area contributed by atoms with Gasteiger partial charge in [-0.05, 0) is 42.9 Å². The van der Waals surface area contributed by atoms with Gasteiger partial charge in [0.25, 0.3) is 5.91 Å². The van der Waals surface area contributed by atoms with Crippen molar-refractivity contribution in [3.8, 4) is 11.5 Å². The molecule has 2 aromatic rings. The van der Waals surface area contributed by atoms with Gasteiger partial charge in [0.1, 0.15) is 18.0 Å². The number of aryl methyl sites for hydroxylation is 1. The van der Waals surface area contributed by atoms with Gasteiger partial charge in [-0.15, -0.1) is 0 Å². The van der Waals surface area contributed by atoms with E-state index in [0.717, 1.165) is 0 Å². The van der Waals surface area contributed by atoms with E-state index in [1.54, 1.807) is 31.2 Å². The Morgan fingerprint density at radius 1 is 1.15 bits per heavy atom. The van der Waals surface area contributed by atoms with Gasteiger partial charge < -0.3 is 29.1 Å². The van der Waals surface area contributed by atoms with Gasteiger partial charge in [0.05, 0.1) is 32.2 Å². The zero-order valence-corrected chi connectivity index (χ0v) is 24.5. The number of carbonyl (C=O) groups excluding carboxylic acids is 2. The molecular weight excluding hydrogens is 531 g/mol. The molecular formula is C31H39FN2O7. The Balaban J connectivity index is 1.84. The highest BCUT2D eigenvalue weighted by atomic mass is 19.1. The van der Waals surface area contributed by atoms with Crippen LogP contribution in [0.25, 0.3) is 0 Å². The Kier molecular flexibility index (Phi) is 8.91. The van der Waals surface area contributed by atoms with Gasteiger partial charge in [0, 0.05) is 30.8 Å². The summed E-state index contributed by atoms with van der Waals surface area (Å²) >= 11 is 0. The number of nitrogens with zero attached hydrogens (tertiary/aromatic N) is 2. The third kappa shape index (κ3) is 6.48. The predicted octanol–water partition coefficient (Wildman–Crippen LogP) is 4.73. The monoisotopic (exact) mass is 570 g/mol. The third-order valence-corrected chi connectivity index (χ3v) is 7.46. The second-order valence-electron chi connectivity index (χ2n) is 12.0. The number of hydrogen-bond donors (Lipinski definition) is 1. The van der Waals surface area contributed by atoms with E-state index in [1.807, 2.05) is 20.8 Å². The Labute approximate surface area is 240 Å². The first kappa shape index (κ1) is 30.3. The Bertz CT molecular complexity index is 1320. The summed E-state index contributed by atoms with van der Waals surface area (Å²) in [5.41, 5.74) is 1.29. The second kappa shape index (κ2) is 12.1. The fourth-order valence-electron chi connectivity index (χ4n) is 5.64. The smallest absolute Gasteiger partial charge is 0.308 e. The summed E-state index contributed by atoms with van der Waals surface area (Å²) in [6, 6.07) is 8.42. The van der Waals surface area contributed by atoms with Crippen LogP contribution in [0.1, 0.15) is 62.8 Å².